The highest BCUT2D eigenvalue weighted by Gasteiger charge is 2.36. The van der Waals surface area contributed by atoms with Gasteiger partial charge in [0.1, 0.15) is 0 Å². The molecule has 0 radical (unpaired) electrons. The summed E-state index contributed by atoms with van der Waals surface area (Å²) in [6.45, 7) is 1.16. The zero-order chi connectivity index (χ0) is 20.3. The molecule has 0 bridgehead atoms. The Labute approximate surface area is 170 Å². The van der Waals surface area contributed by atoms with E-state index in [1.165, 1.54) is 0 Å². The van der Waals surface area contributed by atoms with E-state index < -0.39 is 34.6 Å². The predicted molar refractivity (Wildman–Crippen MR) is 102 cm³/mol. The summed E-state index contributed by atoms with van der Waals surface area (Å²) in [6, 6.07) is 6.10. The van der Waals surface area contributed by atoms with Gasteiger partial charge < -0.3 is 15.4 Å². The van der Waals surface area contributed by atoms with Gasteiger partial charge in [0, 0.05) is 35.2 Å². The number of hydrogen-bond acceptors (Lipinski definition) is 2. The van der Waals surface area contributed by atoms with E-state index in [1.54, 1.807) is 12.1 Å². The summed E-state index contributed by atoms with van der Waals surface area (Å²) in [5.41, 5.74) is -0.132. The van der Waals surface area contributed by atoms with Crippen LogP contribution in [0.4, 0.5) is 23.7 Å². The van der Waals surface area contributed by atoms with Gasteiger partial charge in [-0.3, -0.25) is 0 Å². The Balaban J connectivity index is 1.75. The van der Waals surface area contributed by atoms with Crippen LogP contribution in [0.3, 0.4) is 0 Å². The Hall–Kier alpha value is -1.96. The Kier molecular flexibility index (Phi) is 6.37. The maximum absolute atomic E-state index is 13.7. The minimum Gasteiger partial charge on any atom is -0.381 e. The smallest absolute Gasteiger partial charge is 0.319 e. The largest absolute Gasteiger partial charge is 0.381 e. The number of anilines is 1. The number of urea groups is 1. The average Bonchev–Trinajstić information content (AvgIpc) is 2.67. The molecule has 0 aromatic heterocycles. The SMILES string of the molecule is O=C(NCC1(c2ccc(Cl)cc2Cl)CCOCC1)Nc1ccc(F)c(F)c1F. The summed E-state index contributed by atoms with van der Waals surface area (Å²) < 4.78 is 45.5. The molecule has 1 saturated heterocycles. The maximum Gasteiger partial charge on any atom is 0.319 e. The minimum absolute atomic E-state index is 0.189. The van der Waals surface area contributed by atoms with Crippen LogP contribution in [0.15, 0.2) is 30.3 Å². The van der Waals surface area contributed by atoms with Gasteiger partial charge in [-0.2, -0.15) is 0 Å². The standard InChI is InChI=1S/C19H17Cl2F3N2O2/c20-11-1-2-12(13(21)9-11)19(5-7-28-8-6-19)10-25-18(27)26-15-4-3-14(22)16(23)17(15)24/h1-4,9H,5-8,10H2,(H2,25,26,27). The highest BCUT2D eigenvalue weighted by molar-refractivity contribution is 6.35. The second kappa shape index (κ2) is 8.59. The molecule has 2 aromatic rings. The zero-order valence-electron chi connectivity index (χ0n) is 14.6. The fraction of sp³-hybridized carbons (Fsp3) is 0.316. The maximum atomic E-state index is 13.7. The molecule has 1 aliphatic rings. The predicted octanol–water partition coefficient (Wildman–Crippen LogP) is 5.28. The van der Waals surface area contributed by atoms with E-state index in [2.05, 4.69) is 10.6 Å². The molecule has 1 aliphatic heterocycles. The third-order valence-electron chi connectivity index (χ3n) is 4.82. The molecule has 150 valence electrons. The van der Waals surface area contributed by atoms with Crippen LogP contribution in [0.2, 0.25) is 10.0 Å². The first-order chi connectivity index (χ1) is 13.3. The lowest BCUT2D eigenvalue weighted by molar-refractivity contribution is 0.0509. The van der Waals surface area contributed by atoms with Crippen molar-refractivity contribution in [2.24, 2.45) is 0 Å². The highest BCUT2D eigenvalue weighted by atomic mass is 35.5. The third kappa shape index (κ3) is 4.37. The number of ether oxygens (including phenoxy) is 1. The molecular formula is C19H17Cl2F3N2O2. The van der Waals surface area contributed by atoms with Crippen molar-refractivity contribution in [2.75, 3.05) is 25.1 Å². The van der Waals surface area contributed by atoms with Crippen molar-refractivity contribution in [1.82, 2.24) is 5.32 Å². The van der Waals surface area contributed by atoms with Gasteiger partial charge in [0.2, 0.25) is 0 Å². The Morgan fingerprint density at radius 2 is 1.79 bits per heavy atom. The third-order valence-corrected chi connectivity index (χ3v) is 5.37. The van der Waals surface area contributed by atoms with Crippen LogP contribution >= 0.6 is 23.2 Å². The van der Waals surface area contributed by atoms with Gasteiger partial charge in [0.05, 0.1) is 5.69 Å². The topological polar surface area (TPSA) is 50.4 Å². The second-order valence-corrected chi connectivity index (χ2v) is 7.39. The molecule has 1 fully saturated rings. The molecule has 1 heterocycles. The summed E-state index contributed by atoms with van der Waals surface area (Å²) in [5, 5.41) is 5.83. The fourth-order valence-corrected chi connectivity index (χ4v) is 3.87. The lowest BCUT2D eigenvalue weighted by atomic mass is 9.74. The molecule has 0 atom stereocenters. The number of hydrogen-bond donors (Lipinski definition) is 2. The number of nitrogens with one attached hydrogen (secondary N) is 2. The van der Waals surface area contributed by atoms with Crippen molar-refractivity contribution in [2.45, 2.75) is 18.3 Å². The molecule has 0 saturated carbocycles. The van der Waals surface area contributed by atoms with Gasteiger partial charge in [-0.25, -0.2) is 18.0 Å². The number of carbonyl (C=O) groups is 1. The summed E-state index contributed by atoms with van der Waals surface area (Å²) in [6.07, 6.45) is 1.21. The van der Waals surface area contributed by atoms with Gasteiger partial charge in [-0.15, -0.1) is 0 Å². The molecule has 2 aromatic carbocycles. The Bertz CT molecular complexity index is 890. The lowest BCUT2D eigenvalue weighted by Gasteiger charge is -2.38. The summed E-state index contributed by atoms with van der Waals surface area (Å²) >= 11 is 12.3. The Morgan fingerprint density at radius 1 is 1.07 bits per heavy atom. The zero-order valence-corrected chi connectivity index (χ0v) is 16.1. The van der Waals surface area contributed by atoms with Crippen LogP contribution in [-0.4, -0.2) is 25.8 Å². The summed E-state index contributed by atoms with van der Waals surface area (Å²) in [7, 11) is 0. The molecule has 0 spiro atoms. The fourth-order valence-electron chi connectivity index (χ4n) is 3.26. The van der Waals surface area contributed by atoms with E-state index in [1.807, 2.05) is 6.07 Å². The normalized spacial score (nSPS) is 15.9. The van der Waals surface area contributed by atoms with Crippen molar-refractivity contribution < 1.29 is 22.7 Å². The van der Waals surface area contributed by atoms with Gasteiger partial charge in [-0.05, 0) is 42.7 Å². The van der Waals surface area contributed by atoms with Gasteiger partial charge in [0.25, 0.3) is 0 Å². The second-order valence-electron chi connectivity index (χ2n) is 6.55. The highest BCUT2D eigenvalue weighted by Crippen LogP contribution is 2.39. The van der Waals surface area contributed by atoms with E-state index in [0.717, 1.165) is 17.7 Å². The molecule has 4 nitrogen and oxygen atoms in total. The first kappa shape index (κ1) is 20.8. The van der Waals surface area contributed by atoms with Crippen molar-refractivity contribution in [3.8, 4) is 0 Å². The van der Waals surface area contributed by atoms with Crippen LogP contribution in [-0.2, 0) is 10.2 Å². The first-order valence-corrected chi connectivity index (χ1v) is 9.30. The van der Waals surface area contributed by atoms with Crippen molar-refractivity contribution in [3.05, 3.63) is 63.4 Å². The van der Waals surface area contributed by atoms with E-state index >= 15 is 0 Å². The number of rotatable bonds is 4. The molecule has 2 N–H and O–H groups in total. The summed E-state index contributed by atoms with van der Waals surface area (Å²) in [5.74, 6) is -4.44. The number of halogens is 5. The number of benzene rings is 2. The first-order valence-electron chi connectivity index (χ1n) is 8.54. The quantitative estimate of drug-likeness (QED) is 0.645. The molecule has 9 heteroatoms. The molecule has 0 aliphatic carbocycles. The molecule has 0 unspecified atom stereocenters. The average molecular weight is 433 g/mol. The van der Waals surface area contributed by atoms with Crippen LogP contribution in [0.5, 0.6) is 0 Å². The van der Waals surface area contributed by atoms with Crippen molar-refractivity contribution >= 4 is 34.9 Å². The number of amides is 2. The van der Waals surface area contributed by atoms with Gasteiger partial charge >= 0.3 is 6.03 Å². The lowest BCUT2D eigenvalue weighted by Crippen LogP contribution is -2.46. The van der Waals surface area contributed by atoms with E-state index in [0.29, 0.717) is 36.1 Å². The van der Waals surface area contributed by atoms with Gasteiger partial charge in [-0.1, -0.05) is 29.3 Å². The van der Waals surface area contributed by atoms with Crippen LogP contribution < -0.4 is 10.6 Å². The molecule has 28 heavy (non-hydrogen) atoms. The van der Waals surface area contributed by atoms with Crippen LogP contribution in [0.1, 0.15) is 18.4 Å². The Morgan fingerprint density at radius 3 is 2.46 bits per heavy atom. The monoisotopic (exact) mass is 432 g/mol. The van der Waals surface area contributed by atoms with E-state index in [4.69, 9.17) is 27.9 Å². The molecule has 3 rings (SSSR count). The van der Waals surface area contributed by atoms with E-state index in [-0.39, 0.29) is 6.54 Å². The van der Waals surface area contributed by atoms with Crippen molar-refractivity contribution in [1.29, 1.82) is 0 Å². The van der Waals surface area contributed by atoms with Crippen LogP contribution in [0.25, 0.3) is 0 Å². The molecular weight excluding hydrogens is 416 g/mol. The van der Waals surface area contributed by atoms with Crippen molar-refractivity contribution in [3.63, 3.8) is 0 Å². The van der Waals surface area contributed by atoms with Crippen LogP contribution in [0, 0.1) is 17.5 Å². The van der Waals surface area contributed by atoms with Gasteiger partial charge in [0.15, 0.2) is 17.5 Å². The summed E-state index contributed by atoms with van der Waals surface area (Å²) in [4.78, 5) is 12.2. The van der Waals surface area contributed by atoms with E-state index in [9.17, 15) is 18.0 Å². The molecule has 2 amide bonds. The minimum atomic E-state index is -1.65. The number of carbonyl (C=O) groups excluding carboxylic acids is 1.